The molecule has 1 aliphatic heterocycles. The molecular weight excluding hydrogens is 280 g/mol. The van der Waals surface area contributed by atoms with Gasteiger partial charge in [-0.3, -0.25) is 0 Å². The van der Waals surface area contributed by atoms with Crippen molar-refractivity contribution in [3.63, 3.8) is 0 Å². The molecule has 0 radical (unpaired) electrons. The van der Waals surface area contributed by atoms with Crippen molar-refractivity contribution < 1.29 is 9.90 Å². The molecule has 0 atom stereocenters. The Labute approximate surface area is 126 Å². The number of fused-ring (bicyclic) bond motifs is 3. The van der Waals surface area contributed by atoms with Crippen LogP contribution in [0.25, 0.3) is 5.65 Å². The number of carbonyl (C=O) groups is 1. The second kappa shape index (κ2) is 4.84. The number of aromatic carboxylic acids is 1. The van der Waals surface area contributed by atoms with E-state index >= 15 is 0 Å². The molecule has 110 valence electrons. The van der Waals surface area contributed by atoms with Gasteiger partial charge in [0.25, 0.3) is 0 Å². The van der Waals surface area contributed by atoms with Crippen LogP contribution < -0.4 is 4.90 Å². The number of anilines is 1. The molecule has 0 unspecified atom stereocenters. The van der Waals surface area contributed by atoms with Crippen LogP contribution in [0.3, 0.4) is 0 Å². The minimum Gasteiger partial charge on any atom is -0.478 e. The van der Waals surface area contributed by atoms with Gasteiger partial charge in [0.15, 0.2) is 5.65 Å². The molecule has 0 amide bonds. The van der Waals surface area contributed by atoms with Crippen LogP contribution in [0.15, 0.2) is 42.7 Å². The Morgan fingerprint density at radius 3 is 3.05 bits per heavy atom. The van der Waals surface area contributed by atoms with E-state index < -0.39 is 5.97 Å². The molecule has 0 bridgehead atoms. The monoisotopic (exact) mass is 294 g/mol. The minimum absolute atomic E-state index is 0.309. The number of aromatic nitrogens is 3. The summed E-state index contributed by atoms with van der Waals surface area (Å²) in [5, 5.41) is 13.4. The van der Waals surface area contributed by atoms with Gasteiger partial charge in [-0.05, 0) is 18.2 Å². The van der Waals surface area contributed by atoms with Gasteiger partial charge in [0, 0.05) is 43.0 Å². The number of carboxylic acid groups (broad SMARTS) is 1. The molecule has 0 saturated heterocycles. The summed E-state index contributed by atoms with van der Waals surface area (Å²) in [6.07, 6.45) is 4.50. The third-order valence-corrected chi connectivity index (χ3v) is 4.04. The zero-order valence-electron chi connectivity index (χ0n) is 11.8. The molecule has 22 heavy (non-hydrogen) atoms. The summed E-state index contributed by atoms with van der Waals surface area (Å²) in [4.78, 5) is 17.7. The van der Waals surface area contributed by atoms with Crippen molar-refractivity contribution in [1.29, 1.82) is 0 Å². The van der Waals surface area contributed by atoms with Crippen molar-refractivity contribution in [1.82, 2.24) is 14.6 Å². The first-order chi connectivity index (χ1) is 10.7. The predicted octanol–water partition coefficient (Wildman–Crippen LogP) is 1.99. The molecular formula is C16H14N4O2. The number of hydrogen-bond acceptors (Lipinski definition) is 4. The molecule has 0 spiro atoms. The van der Waals surface area contributed by atoms with Gasteiger partial charge in [-0.15, -0.1) is 0 Å². The van der Waals surface area contributed by atoms with Crippen LogP contribution in [-0.4, -0.2) is 32.2 Å². The number of hydrogen-bond donors (Lipinski definition) is 1. The lowest BCUT2D eigenvalue weighted by Crippen LogP contribution is -2.32. The third-order valence-electron chi connectivity index (χ3n) is 4.04. The second-order valence-electron chi connectivity index (χ2n) is 5.36. The quantitative estimate of drug-likeness (QED) is 0.782. The third kappa shape index (κ3) is 2.00. The molecule has 1 N–H and O–H groups in total. The standard InChI is InChI=1S/C16H14N4O2/c21-16(22)11-2-1-3-13(8-11)19-7-5-14-12(10-19)9-17-15-4-6-18-20(14)15/h1-4,6,8-9H,5,7,10H2,(H,21,22). The van der Waals surface area contributed by atoms with E-state index in [0.29, 0.717) is 12.1 Å². The Morgan fingerprint density at radius 1 is 1.27 bits per heavy atom. The van der Waals surface area contributed by atoms with E-state index in [0.717, 1.165) is 29.9 Å². The summed E-state index contributed by atoms with van der Waals surface area (Å²) >= 11 is 0. The van der Waals surface area contributed by atoms with Crippen LogP contribution in [0.5, 0.6) is 0 Å². The molecule has 3 heterocycles. The Bertz CT molecular complexity index is 871. The molecule has 1 aromatic carbocycles. The zero-order valence-corrected chi connectivity index (χ0v) is 11.8. The normalized spacial score (nSPS) is 14.1. The molecule has 0 aliphatic carbocycles. The minimum atomic E-state index is -0.904. The highest BCUT2D eigenvalue weighted by Crippen LogP contribution is 2.25. The van der Waals surface area contributed by atoms with Crippen LogP contribution in [0, 0.1) is 0 Å². The van der Waals surface area contributed by atoms with Gasteiger partial charge in [0.05, 0.1) is 17.5 Å². The smallest absolute Gasteiger partial charge is 0.335 e. The average molecular weight is 294 g/mol. The van der Waals surface area contributed by atoms with Crippen molar-refractivity contribution >= 4 is 17.3 Å². The Morgan fingerprint density at radius 2 is 2.18 bits per heavy atom. The van der Waals surface area contributed by atoms with Gasteiger partial charge in [-0.2, -0.15) is 5.10 Å². The first-order valence-corrected chi connectivity index (χ1v) is 7.11. The fourth-order valence-corrected chi connectivity index (χ4v) is 2.94. The van der Waals surface area contributed by atoms with Gasteiger partial charge in [-0.25, -0.2) is 14.3 Å². The van der Waals surface area contributed by atoms with E-state index in [4.69, 9.17) is 5.11 Å². The molecule has 1 aliphatic rings. The van der Waals surface area contributed by atoms with Crippen molar-refractivity contribution in [2.24, 2.45) is 0 Å². The van der Waals surface area contributed by atoms with Crippen LogP contribution in [0.2, 0.25) is 0 Å². The number of rotatable bonds is 2. The predicted molar refractivity (Wildman–Crippen MR) is 81.1 cm³/mol. The topological polar surface area (TPSA) is 70.7 Å². The first-order valence-electron chi connectivity index (χ1n) is 7.11. The van der Waals surface area contributed by atoms with Crippen molar-refractivity contribution in [3.05, 3.63) is 59.5 Å². The summed E-state index contributed by atoms with van der Waals surface area (Å²) in [6.45, 7) is 1.54. The number of carboxylic acids is 1. The lowest BCUT2D eigenvalue weighted by atomic mass is 10.1. The van der Waals surface area contributed by atoms with E-state index in [1.165, 1.54) is 5.69 Å². The lowest BCUT2D eigenvalue weighted by molar-refractivity contribution is 0.0697. The van der Waals surface area contributed by atoms with Gasteiger partial charge in [0.1, 0.15) is 0 Å². The molecule has 2 aromatic heterocycles. The van der Waals surface area contributed by atoms with Gasteiger partial charge in [-0.1, -0.05) is 6.07 Å². The van der Waals surface area contributed by atoms with Crippen LogP contribution in [-0.2, 0) is 13.0 Å². The van der Waals surface area contributed by atoms with E-state index in [-0.39, 0.29) is 0 Å². The van der Waals surface area contributed by atoms with Gasteiger partial charge in [0.2, 0.25) is 0 Å². The second-order valence-corrected chi connectivity index (χ2v) is 5.36. The Hall–Kier alpha value is -2.89. The maximum Gasteiger partial charge on any atom is 0.335 e. The lowest BCUT2D eigenvalue weighted by Gasteiger charge is -2.30. The Balaban J connectivity index is 1.69. The molecule has 4 rings (SSSR count). The van der Waals surface area contributed by atoms with Gasteiger partial charge < -0.3 is 10.0 Å². The van der Waals surface area contributed by atoms with Crippen LogP contribution in [0.4, 0.5) is 5.69 Å². The van der Waals surface area contributed by atoms with Crippen molar-refractivity contribution in [2.75, 3.05) is 11.4 Å². The summed E-state index contributed by atoms with van der Waals surface area (Å²) < 4.78 is 1.89. The summed E-state index contributed by atoms with van der Waals surface area (Å²) in [6, 6.07) is 8.94. The summed E-state index contributed by atoms with van der Waals surface area (Å²) in [5.41, 5.74) is 4.40. The van der Waals surface area contributed by atoms with Crippen LogP contribution >= 0.6 is 0 Å². The molecule has 6 nitrogen and oxygen atoms in total. The fraction of sp³-hybridized carbons (Fsp3) is 0.188. The molecule has 0 saturated carbocycles. The highest BCUT2D eigenvalue weighted by Gasteiger charge is 2.20. The number of benzene rings is 1. The van der Waals surface area contributed by atoms with Crippen molar-refractivity contribution in [3.8, 4) is 0 Å². The summed E-state index contributed by atoms with van der Waals surface area (Å²) in [7, 11) is 0. The van der Waals surface area contributed by atoms with E-state index in [9.17, 15) is 4.79 Å². The van der Waals surface area contributed by atoms with E-state index in [2.05, 4.69) is 15.0 Å². The van der Waals surface area contributed by atoms with Crippen molar-refractivity contribution in [2.45, 2.75) is 13.0 Å². The SMILES string of the molecule is O=C(O)c1cccc(N2CCc3c(cnc4ccnn34)C2)c1. The molecule has 6 heteroatoms. The molecule has 0 fully saturated rings. The first kappa shape index (κ1) is 12.8. The summed E-state index contributed by atoms with van der Waals surface area (Å²) in [5.74, 6) is -0.904. The average Bonchev–Trinajstić information content (AvgIpc) is 3.03. The van der Waals surface area contributed by atoms with E-state index in [1.807, 2.05) is 22.8 Å². The maximum atomic E-state index is 11.1. The highest BCUT2D eigenvalue weighted by molar-refractivity contribution is 5.88. The largest absolute Gasteiger partial charge is 0.478 e. The fourth-order valence-electron chi connectivity index (χ4n) is 2.94. The zero-order chi connectivity index (χ0) is 15.1. The molecule has 3 aromatic rings. The maximum absolute atomic E-state index is 11.1. The number of nitrogens with zero attached hydrogens (tertiary/aromatic N) is 4. The van der Waals surface area contributed by atoms with Crippen LogP contribution in [0.1, 0.15) is 21.6 Å². The highest BCUT2D eigenvalue weighted by atomic mass is 16.4. The van der Waals surface area contributed by atoms with Gasteiger partial charge >= 0.3 is 5.97 Å². The van der Waals surface area contributed by atoms with E-state index in [1.54, 1.807) is 24.4 Å². The Kier molecular flexibility index (Phi) is 2.82.